The Morgan fingerprint density at radius 3 is 2.64 bits per heavy atom. The molecule has 1 heterocycles. The van der Waals surface area contributed by atoms with Gasteiger partial charge in [0.05, 0.1) is 13.2 Å². The van der Waals surface area contributed by atoms with E-state index in [1.807, 2.05) is 39.0 Å². The van der Waals surface area contributed by atoms with Crippen molar-refractivity contribution in [1.82, 2.24) is 5.32 Å². The van der Waals surface area contributed by atoms with Crippen molar-refractivity contribution in [3.8, 4) is 11.5 Å². The monoisotopic (exact) mass is 347 g/mol. The van der Waals surface area contributed by atoms with Crippen molar-refractivity contribution in [3.63, 3.8) is 0 Å². The predicted octanol–water partition coefficient (Wildman–Crippen LogP) is 2.57. The van der Waals surface area contributed by atoms with Gasteiger partial charge in [-0.15, -0.1) is 0 Å². The van der Waals surface area contributed by atoms with E-state index in [4.69, 9.17) is 14.2 Å². The topological polar surface area (TPSA) is 73.9 Å². The van der Waals surface area contributed by atoms with Crippen molar-refractivity contribution in [1.29, 1.82) is 0 Å². The van der Waals surface area contributed by atoms with E-state index in [1.165, 1.54) is 6.08 Å². The summed E-state index contributed by atoms with van der Waals surface area (Å²) < 4.78 is 16.1. The van der Waals surface area contributed by atoms with Crippen LogP contribution >= 0.6 is 0 Å². The molecule has 0 bridgehead atoms. The highest BCUT2D eigenvalue weighted by Gasteiger charge is 2.12. The molecule has 6 heteroatoms. The summed E-state index contributed by atoms with van der Waals surface area (Å²) in [5, 5.41) is 2.78. The molecule has 0 saturated heterocycles. The van der Waals surface area contributed by atoms with Gasteiger partial charge in [0.25, 0.3) is 5.91 Å². The second-order valence-electron chi connectivity index (χ2n) is 6.30. The summed E-state index contributed by atoms with van der Waals surface area (Å²) in [4.78, 5) is 23.4. The maximum Gasteiger partial charge on any atom is 0.331 e. The molecule has 0 aliphatic carbocycles. The van der Waals surface area contributed by atoms with Gasteiger partial charge >= 0.3 is 5.97 Å². The first-order chi connectivity index (χ1) is 12.0. The summed E-state index contributed by atoms with van der Waals surface area (Å²) >= 11 is 0. The zero-order valence-corrected chi connectivity index (χ0v) is 14.9. The summed E-state index contributed by atoms with van der Waals surface area (Å²) in [6.45, 7) is 6.87. The molecule has 136 valence electrons. The molecule has 0 aromatic heterocycles. The summed E-state index contributed by atoms with van der Waals surface area (Å²) in [5.41, 5.74) is 0.791. The quantitative estimate of drug-likeness (QED) is 0.632. The van der Waals surface area contributed by atoms with E-state index in [-0.39, 0.29) is 18.6 Å². The number of carbonyl (C=O) groups is 2. The lowest BCUT2D eigenvalue weighted by atomic mass is 10.1. The molecular formula is C19H25NO5. The van der Waals surface area contributed by atoms with E-state index in [9.17, 15) is 9.59 Å². The fraction of sp³-hybridized carbons (Fsp3) is 0.474. The Morgan fingerprint density at radius 1 is 1.20 bits per heavy atom. The molecule has 1 N–H and O–H groups in total. The molecule has 0 spiro atoms. The molecule has 0 saturated carbocycles. The van der Waals surface area contributed by atoms with E-state index in [0.717, 1.165) is 12.0 Å². The standard InChI is InChI=1S/C19H25NO5/c1-13(2)14(3)20-18(21)12-25-19(22)8-6-15-5-7-16-17(11-15)24-10-4-9-23-16/h5-8,11,13-14H,4,9-10,12H2,1-3H3,(H,20,21)/b8-6+/t14-/m0/s1. The lowest BCUT2D eigenvalue weighted by Gasteiger charge is -2.16. The number of hydrogen-bond acceptors (Lipinski definition) is 5. The van der Waals surface area contributed by atoms with Crippen molar-refractivity contribution in [3.05, 3.63) is 29.8 Å². The fourth-order valence-electron chi connectivity index (χ4n) is 2.09. The van der Waals surface area contributed by atoms with E-state index < -0.39 is 5.97 Å². The van der Waals surface area contributed by atoms with Gasteiger partial charge in [-0.1, -0.05) is 19.9 Å². The third-order valence-corrected chi connectivity index (χ3v) is 3.92. The first-order valence-corrected chi connectivity index (χ1v) is 8.49. The second-order valence-corrected chi connectivity index (χ2v) is 6.30. The molecule has 2 rings (SSSR count). The molecule has 1 aliphatic rings. The highest BCUT2D eigenvalue weighted by atomic mass is 16.5. The Labute approximate surface area is 148 Å². The van der Waals surface area contributed by atoms with E-state index in [2.05, 4.69) is 5.32 Å². The minimum atomic E-state index is -0.570. The Hall–Kier alpha value is -2.50. The van der Waals surface area contributed by atoms with Crippen LogP contribution in [0.3, 0.4) is 0 Å². The van der Waals surface area contributed by atoms with Crippen LogP contribution in [0.2, 0.25) is 0 Å². The molecular weight excluding hydrogens is 322 g/mol. The van der Waals surface area contributed by atoms with Gasteiger partial charge in [0, 0.05) is 18.5 Å². The maximum atomic E-state index is 11.7. The molecule has 1 atom stereocenters. The van der Waals surface area contributed by atoms with Crippen LogP contribution < -0.4 is 14.8 Å². The van der Waals surface area contributed by atoms with Crippen molar-refractivity contribution >= 4 is 18.0 Å². The number of hydrogen-bond donors (Lipinski definition) is 1. The number of nitrogens with one attached hydrogen (secondary N) is 1. The Kier molecular flexibility index (Phi) is 6.86. The average molecular weight is 347 g/mol. The van der Waals surface area contributed by atoms with Crippen LogP contribution in [0.1, 0.15) is 32.8 Å². The molecule has 1 aliphatic heterocycles. The van der Waals surface area contributed by atoms with Gasteiger partial charge in [0.2, 0.25) is 0 Å². The minimum absolute atomic E-state index is 0.0311. The maximum absolute atomic E-state index is 11.7. The minimum Gasteiger partial charge on any atom is -0.490 e. The summed E-state index contributed by atoms with van der Waals surface area (Å²) in [6, 6.07) is 5.48. The number of rotatable bonds is 6. The fourth-order valence-corrected chi connectivity index (χ4v) is 2.09. The summed E-state index contributed by atoms with van der Waals surface area (Å²) in [6.07, 6.45) is 3.74. The third-order valence-electron chi connectivity index (χ3n) is 3.92. The predicted molar refractivity (Wildman–Crippen MR) is 94.5 cm³/mol. The zero-order chi connectivity index (χ0) is 18.2. The Morgan fingerprint density at radius 2 is 1.92 bits per heavy atom. The van der Waals surface area contributed by atoms with Gasteiger partial charge in [0.1, 0.15) is 0 Å². The van der Waals surface area contributed by atoms with Crippen LogP contribution in [0.5, 0.6) is 11.5 Å². The van der Waals surface area contributed by atoms with Gasteiger partial charge in [0.15, 0.2) is 18.1 Å². The highest BCUT2D eigenvalue weighted by molar-refractivity contribution is 5.89. The Balaban J connectivity index is 1.84. The largest absolute Gasteiger partial charge is 0.490 e. The van der Waals surface area contributed by atoms with Crippen molar-refractivity contribution in [2.24, 2.45) is 5.92 Å². The molecule has 0 fully saturated rings. The van der Waals surface area contributed by atoms with Gasteiger partial charge in [-0.25, -0.2) is 4.79 Å². The molecule has 1 aromatic rings. The van der Waals surface area contributed by atoms with Gasteiger partial charge in [-0.05, 0) is 36.6 Å². The normalized spacial score (nSPS) is 14.9. The number of benzene rings is 1. The first-order valence-electron chi connectivity index (χ1n) is 8.49. The summed E-state index contributed by atoms with van der Waals surface area (Å²) in [7, 11) is 0. The second kappa shape index (κ2) is 9.11. The number of fused-ring (bicyclic) bond motifs is 1. The van der Waals surface area contributed by atoms with Crippen LogP contribution in [-0.2, 0) is 14.3 Å². The first kappa shape index (κ1) is 18.8. The molecule has 25 heavy (non-hydrogen) atoms. The van der Waals surface area contributed by atoms with Gasteiger partial charge < -0.3 is 19.5 Å². The zero-order valence-electron chi connectivity index (χ0n) is 14.9. The van der Waals surface area contributed by atoms with Crippen LogP contribution in [0, 0.1) is 5.92 Å². The van der Waals surface area contributed by atoms with Crippen molar-refractivity contribution < 1.29 is 23.8 Å². The van der Waals surface area contributed by atoms with E-state index in [1.54, 1.807) is 6.08 Å². The lowest BCUT2D eigenvalue weighted by molar-refractivity contribution is -0.144. The highest BCUT2D eigenvalue weighted by Crippen LogP contribution is 2.30. The van der Waals surface area contributed by atoms with Gasteiger partial charge in [-0.2, -0.15) is 0 Å². The van der Waals surface area contributed by atoms with Crippen LogP contribution in [0.25, 0.3) is 6.08 Å². The number of carbonyl (C=O) groups excluding carboxylic acids is 2. The molecule has 1 aromatic carbocycles. The summed E-state index contributed by atoms with van der Waals surface area (Å²) in [5.74, 6) is 0.806. The smallest absolute Gasteiger partial charge is 0.331 e. The van der Waals surface area contributed by atoms with E-state index >= 15 is 0 Å². The van der Waals surface area contributed by atoms with E-state index in [0.29, 0.717) is 30.6 Å². The number of ether oxygens (including phenoxy) is 3. The molecule has 6 nitrogen and oxygen atoms in total. The third kappa shape index (κ3) is 6.14. The van der Waals surface area contributed by atoms with Crippen molar-refractivity contribution in [2.45, 2.75) is 33.2 Å². The SMILES string of the molecule is CC(C)[C@H](C)NC(=O)COC(=O)/C=C/c1ccc2c(c1)OCCCO2. The van der Waals surface area contributed by atoms with Crippen LogP contribution in [0.4, 0.5) is 0 Å². The van der Waals surface area contributed by atoms with Gasteiger partial charge in [-0.3, -0.25) is 4.79 Å². The molecule has 0 radical (unpaired) electrons. The average Bonchev–Trinajstić information content (AvgIpc) is 2.82. The van der Waals surface area contributed by atoms with Crippen molar-refractivity contribution in [2.75, 3.05) is 19.8 Å². The molecule has 1 amide bonds. The molecule has 0 unspecified atom stereocenters. The lowest BCUT2D eigenvalue weighted by Crippen LogP contribution is -2.38. The number of esters is 1. The Bertz CT molecular complexity index is 639. The van der Waals surface area contributed by atoms with Crippen LogP contribution in [-0.4, -0.2) is 37.7 Å². The number of amides is 1. The van der Waals surface area contributed by atoms with Crippen LogP contribution in [0.15, 0.2) is 24.3 Å².